The van der Waals surface area contributed by atoms with Crippen LogP contribution in [-0.4, -0.2) is 20.1 Å². The van der Waals surface area contributed by atoms with E-state index in [1.165, 1.54) is 88.5 Å². The van der Waals surface area contributed by atoms with Gasteiger partial charge in [-0.15, -0.1) is 0 Å². The zero-order valence-corrected chi connectivity index (χ0v) is 17.5. The molecule has 0 amide bonds. The van der Waals surface area contributed by atoms with Crippen molar-refractivity contribution in [1.82, 2.24) is 0 Å². The second-order valence-electron chi connectivity index (χ2n) is 7.05. The molecule has 156 valence electrons. The van der Waals surface area contributed by atoms with E-state index in [1.807, 2.05) is 0 Å². The zero-order chi connectivity index (χ0) is 19.8. The van der Waals surface area contributed by atoms with Crippen LogP contribution in [0.4, 0.5) is 0 Å². The van der Waals surface area contributed by atoms with Gasteiger partial charge in [0.25, 0.3) is 0 Å². The molecule has 0 spiro atoms. The largest absolute Gasteiger partial charge is 0.508 e. The number of phenolic OH excluding ortho intramolecular Hbond substituents is 1. The molecule has 0 saturated carbocycles. The molecule has 5 nitrogen and oxygen atoms in total. The minimum Gasteiger partial charge on any atom is -0.508 e. The quantitative estimate of drug-likeness (QED) is 0.319. The molecule has 0 radical (unpaired) electrons. The molecule has 0 unspecified atom stereocenters. The van der Waals surface area contributed by atoms with E-state index in [0.717, 1.165) is 12.8 Å². The average molecular weight is 401 g/mol. The lowest BCUT2D eigenvalue weighted by molar-refractivity contribution is 0.265. The number of hydrogen-bond acceptors (Lipinski definition) is 5. The Labute approximate surface area is 165 Å². The topological polar surface area (TPSA) is 72.8 Å². The van der Waals surface area contributed by atoms with Gasteiger partial charge in [0.15, 0.2) is 0 Å². The first-order chi connectivity index (χ1) is 13.0. The van der Waals surface area contributed by atoms with Crippen LogP contribution in [0.25, 0.3) is 0 Å². The van der Waals surface area contributed by atoms with Gasteiger partial charge in [0, 0.05) is 0 Å². The lowest BCUT2D eigenvalue weighted by Crippen LogP contribution is -2.14. The molecule has 1 rings (SSSR count). The number of phenols is 1. The summed E-state index contributed by atoms with van der Waals surface area (Å²) in [6, 6.07) is 5.47. The Hall–Kier alpha value is -1.27. The van der Waals surface area contributed by atoms with E-state index in [0.29, 0.717) is 6.42 Å². The van der Waals surface area contributed by atoms with Crippen LogP contribution < -0.4 is 4.18 Å². The molecule has 1 aromatic rings. The maximum absolute atomic E-state index is 11.7. The average Bonchev–Trinajstić information content (AvgIpc) is 2.63. The molecule has 1 N–H and O–H groups in total. The van der Waals surface area contributed by atoms with E-state index in [9.17, 15) is 8.42 Å². The van der Waals surface area contributed by atoms with Crippen molar-refractivity contribution in [1.29, 1.82) is 0 Å². The lowest BCUT2D eigenvalue weighted by atomic mass is 10.0. The summed E-state index contributed by atoms with van der Waals surface area (Å²) in [5.74, 6) is 0.172. The fourth-order valence-corrected chi connectivity index (χ4v) is 3.64. The van der Waals surface area contributed by atoms with Crippen molar-refractivity contribution in [3.8, 4) is 11.5 Å². The first-order valence-corrected chi connectivity index (χ1v) is 11.7. The number of benzene rings is 1. The zero-order valence-electron chi connectivity index (χ0n) is 16.7. The van der Waals surface area contributed by atoms with Gasteiger partial charge in [0.05, 0.1) is 6.61 Å². The maximum Gasteiger partial charge on any atom is 0.449 e. The van der Waals surface area contributed by atoms with Crippen molar-refractivity contribution in [3.05, 3.63) is 24.3 Å². The Morgan fingerprint density at radius 2 is 1.19 bits per heavy atom. The standard InChI is InChI=1S/C21H36O5S/c1-2-3-4-5-6-7-8-9-10-11-12-13-14-19-25-27(23,24)26-21-17-15-20(22)16-18-21/h15-18,22H,2-14,19H2,1H3. The summed E-state index contributed by atoms with van der Waals surface area (Å²) < 4.78 is 33.1. The highest BCUT2D eigenvalue weighted by Crippen LogP contribution is 2.18. The fourth-order valence-electron chi connectivity index (χ4n) is 2.92. The third-order valence-corrected chi connectivity index (χ3v) is 5.36. The Morgan fingerprint density at radius 3 is 1.67 bits per heavy atom. The van der Waals surface area contributed by atoms with E-state index in [2.05, 4.69) is 6.92 Å². The number of rotatable bonds is 17. The van der Waals surface area contributed by atoms with Gasteiger partial charge in [-0.25, -0.2) is 4.18 Å². The maximum atomic E-state index is 11.7. The normalized spacial score (nSPS) is 11.6. The van der Waals surface area contributed by atoms with Crippen LogP contribution in [0.5, 0.6) is 11.5 Å². The smallest absolute Gasteiger partial charge is 0.449 e. The number of hydrogen-bond donors (Lipinski definition) is 1. The van der Waals surface area contributed by atoms with E-state index in [1.54, 1.807) is 0 Å². The third kappa shape index (κ3) is 13.5. The van der Waals surface area contributed by atoms with Gasteiger partial charge in [0.2, 0.25) is 0 Å². The number of aromatic hydroxyl groups is 1. The second-order valence-corrected chi connectivity index (χ2v) is 8.27. The molecule has 0 heterocycles. The molecule has 0 aliphatic rings. The van der Waals surface area contributed by atoms with E-state index < -0.39 is 10.4 Å². The summed E-state index contributed by atoms with van der Waals surface area (Å²) in [4.78, 5) is 0. The molecule has 6 heteroatoms. The van der Waals surface area contributed by atoms with Gasteiger partial charge < -0.3 is 9.29 Å². The van der Waals surface area contributed by atoms with E-state index in [4.69, 9.17) is 13.5 Å². The van der Waals surface area contributed by atoms with Crippen molar-refractivity contribution >= 4 is 10.4 Å². The highest BCUT2D eigenvalue weighted by atomic mass is 32.3. The third-order valence-electron chi connectivity index (χ3n) is 4.51. The van der Waals surface area contributed by atoms with Crippen molar-refractivity contribution in [2.24, 2.45) is 0 Å². The van der Waals surface area contributed by atoms with E-state index in [-0.39, 0.29) is 18.1 Å². The van der Waals surface area contributed by atoms with Gasteiger partial charge >= 0.3 is 10.4 Å². The first kappa shape index (κ1) is 23.8. The summed E-state index contributed by atoms with van der Waals surface area (Å²) in [6.07, 6.45) is 16.1. The van der Waals surface area contributed by atoms with Gasteiger partial charge in [-0.3, -0.25) is 0 Å². The Kier molecular flexibility index (Phi) is 13.0. The van der Waals surface area contributed by atoms with Crippen LogP contribution in [0, 0.1) is 0 Å². The molecule has 0 saturated heterocycles. The molecule has 0 aliphatic heterocycles. The lowest BCUT2D eigenvalue weighted by Gasteiger charge is -2.07. The molecule has 0 aromatic heterocycles. The Balaban J connectivity index is 1.92. The summed E-state index contributed by atoms with van der Waals surface area (Å²) in [6.45, 7) is 2.38. The number of unbranched alkanes of at least 4 members (excludes halogenated alkanes) is 12. The summed E-state index contributed by atoms with van der Waals surface area (Å²) >= 11 is 0. The second kappa shape index (κ2) is 14.7. The molecule has 0 fully saturated rings. The van der Waals surface area contributed by atoms with Crippen LogP contribution in [-0.2, 0) is 14.6 Å². The van der Waals surface area contributed by atoms with Crippen LogP contribution in [0.1, 0.15) is 90.4 Å². The molecular formula is C21H36O5S. The van der Waals surface area contributed by atoms with Gasteiger partial charge in [-0.2, -0.15) is 8.42 Å². The molecule has 27 heavy (non-hydrogen) atoms. The van der Waals surface area contributed by atoms with Gasteiger partial charge in [0.1, 0.15) is 11.5 Å². The van der Waals surface area contributed by atoms with E-state index >= 15 is 0 Å². The summed E-state index contributed by atoms with van der Waals surface area (Å²) in [5, 5.41) is 9.16. The summed E-state index contributed by atoms with van der Waals surface area (Å²) in [5.41, 5.74) is 0. The van der Waals surface area contributed by atoms with Crippen LogP contribution >= 0.6 is 0 Å². The molecule has 0 atom stereocenters. The SMILES string of the molecule is CCCCCCCCCCCCCCCOS(=O)(=O)Oc1ccc(O)cc1. The van der Waals surface area contributed by atoms with Crippen molar-refractivity contribution in [2.45, 2.75) is 90.4 Å². The van der Waals surface area contributed by atoms with Crippen LogP contribution in [0.3, 0.4) is 0 Å². The van der Waals surface area contributed by atoms with Crippen molar-refractivity contribution < 1.29 is 21.9 Å². The van der Waals surface area contributed by atoms with Crippen molar-refractivity contribution in [2.75, 3.05) is 6.61 Å². The van der Waals surface area contributed by atoms with Gasteiger partial charge in [-0.05, 0) is 30.7 Å². The highest BCUT2D eigenvalue weighted by Gasteiger charge is 2.13. The van der Waals surface area contributed by atoms with Crippen LogP contribution in [0.2, 0.25) is 0 Å². The first-order valence-electron chi connectivity index (χ1n) is 10.4. The monoisotopic (exact) mass is 400 g/mol. The Morgan fingerprint density at radius 1 is 0.741 bits per heavy atom. The molecule has 1 aromatic carbocycles. The molecule has 0 bridgehead atoms. The predicted molar refractivity (Wildman–Crippen MR) is 109 cm³/mol. The minimum absolute atomic E-state index is 0.0487. The van der Waals surface area contributed by atoms with Crippen LogP contribution in [0.15, 0.2) is 24.3 Å². The van der Waals surface area contributed by atoms with Gasteiger partial charge in [-0.1, -0.05) is 84.0 Å². The predicted octanol–water partition coefficient (Wildman–Crippen LogP) is 6.12. The molecule has 0 aliphatic carbocycles. The van der Waals surface area contributed by atoms with Crippen molar-refractivity contribution in [3.63, 3.8) is 0 Å². The highest BCUT2D eigenvalue weighted by molar-refractivity contribution is 7.82. The fraction of sp³-hybridized carbons (Fsp3) is 0.714. The minimum atomic E-state index is -4.05. The Bertz CT molecular complexity index is 569. The summed E-state index contributed by atoms with van der Waals surface area (Å²) in [7, 11) is -4.05. The molecular weight excluding hydrogens is 364 g/mol.